The number of β-amino-alcohol motifs (C(OH)–C–C–N with tert-alkyl or cyclic N) is 1. The van der Waals surface area contributed by atoms with E-state index >= 15 is 0 Å². The second-order valence-corrected chi connectivity index (χ2v) is 6.53. The third-order valence-electron chi connectivity index (χ3n) is 4.63. The Balaban J connectivity index is 1.89. The molecule has 1 aromatic rings. The molecule has 1 aliphatic heterocycles. The maximum absolute atomic E-state index is 10.4. The molecule has 0 radical (unpaired) electrons. The fraction of sp³-hybridized carbons (Fsp3) is 0.600. The normalized spacial score (nSPS) is 19.9. The molecule has 25 heavy (non-hydrogen) atoms. The molecule has 0 aliphatic carbocycles. The van der Waals surface area contributed by atoms with Crippen LogP contribution in [0.3, 0.4) is 0 Å². The van der Waals surface area contributed by atoms with Gasteiger partial charge in [-0.2, -0.15) is 0 Å². The molecule has 2 unspecified atom stereocenters. The van der Waals surface area contributed by atoms with Crippen molar-refractivity contribution in [2.75, 3.05) is 33.4 Å². The Bertz CT molecular complexity index is 544. The summed E-state index contributed by atoms with van der Waals surface area (Å²) < 4.78 is 11.2. The first kappa shape index (κ1) is 19.8. The van der Waals surface area contributed by atoms with E-state index in [2.05, 4.69) is 4.90 Å². The van der Waals surface area contributed by atoms with E-state index < -0.39 is 6.10 Å². The fourth-order valence-electron chi connectivity index (χ4n) is 3.39. The van der Waals surface area contributed by atoms with Gasteiger partial charge in [0, 0.05) is 19.2 Å². The highest BCUT2D eigenvalue weighted by Crippen LogP contribution is 2.29. The summed E-state index contributed by atoms with van der Waals surface area (Å²) in [5.41, 5.74) is 1.05. The number of aliphatic hydroxyl groups excluding tert-OH is 2. The molecule has 1 fully saturated rings. The van der Waals surface area contributed by atoms with Crippen molar-refractivity contribution in [3.8, 4) is 11.5 Å². The Labute approximate surface area is 150 Å². The molecular weight excluding hydrogens is 318 g/mol. The molecule has 0 amide bonds. The lowest BCUT2D eigenvalue weighted by atomic mass is 9.99. The van der Waals surface area contributed by atoms with Crippen molar-refractivity contribution < 1.29 is 19.7 Å². The molecule has 0 aromatic heterocycles. The summed E-state index contributed by atoms with van der Waals surface area (Å²) in [5, 5.41) is 19.6. The minimum absolute atomic E-state index is 0.198. The van der Waals surface area contributed by atoms with Crippen LogP contribution in [0.1, 0.15) is 38.2 Å². The first-order valence-corrected chi connectivity index (χ1v) is 9.14. The van der Waals surface area contributed by atoms with Gasteiger partial charge in [0.1, 0.15) is 12.7 Å². The van der Waals surface area contributed by atoms with Crippen molar-refractivity contribution >= 4 is 6.08 Å². The van der Waals surface area contributed by atoms with Crippen LogP contribution in [-0.2, 0) is 0 Å². The maximum atomic E-state index is 10.4. The summed E-state index contributed by atoms with van der Waals surface area (Å²) in [5.74, 6) is 1.30. The molecule has 2 N–H and O–H groups in total. The van der Waals surface area contributed by atoms with Crippen LogP contribution in [0.4, 0.5) is 0 Å². The predicted octanol–water partition coefficient (Wildman–Crippen LogP) is 2.70. The molecule has 0 spiro atoms. The number of benzene rings is 1. The van der Waals surface area contributed by atoms with Gasteiger partial charge < -0.3 is 19.7 Å². The van der Waals surface area contributed by atoms with E-state index in [1.807, 2.05) is 37.3 Å². The summed E-state index contributed by atoms with van der Waals surface area (Å²) >= 11 is 0. The van der Waals surface area contributed by atoms with Crippen LogP contribution in [-0.4, -0.2) is 60.7 Å². The number of allylic oxidation sites excluding steroid dienone is 1. The van der Waals surface area contributed by atoms with Gasteiger partial charge in [-0.25, -0.2) is 0 Å². The number of rotatable bonds is 9. The number of hydrogen-bond acceptors (Lipinski definition) is 5. The quantitative estimate of drug-likeness (QED) is 0.718. The molecule has 0 saturated carbocycles. The second-order valence-electron chi connectivity index (χ2n) is 6.53. The Morgan fingerprint density at radius 1 is 1.32 bits per heavy atom. The topological polar surface area (TPSA) is 62.2 Å². The molecule has 1 aromatic carbocycles. The van der Waals surface area contributed by atoms with E-state index in [4.69, 9.17) is 9.47 Å². The molecule has 5 heteroatoms. The third kappa shape index (κ3) is 6.03. The van der Waals surface area contributed by atoms with Gasteiger partial charge in [0.2, 0.25) is 0 Å². The van der Waals surface area contributed by atoms with E-state index in [-0.39, 0.29) is 13.2 Å². The SMILES string of the molecule is C/C=C/c1ccc(OCC(O)CN2CCCCC2CCO)c(OC)c1. The fourth-order valence-corrected chi connectivity index (χ4v) is 3.39. The summed E-state index contributed by atoms with van der Waals surface area (Å²) in [6, 6.07) is 6.12. The van der Waals surface area contributed by atoms with Crippen LogP contribution in [0.15, 0.2) is 24.3 Å². The van der Waals surface area contributed by atoms with Crippen molar-refractivity contribution in [3.63, 3.8) is 0 Å². The molecule has 2 rings (SSSR count). The highest BCUT2D eigenvalue weighted by atomic mass is 16.5. The van der Waals surface area contributed by atoms with Crippen LogP contribution in [0.25, 0.3) is 6.08 Å². The predicted molar refractivity (Wildman–Crippen MR) is 100 cm³/mol. The second kappa shape index (κ2) is 10.4. The number of methoxy groups -OCH3 is 1. The van der Waals surface area contributed by atoms with Gasteiger partial charge in [-0.15, -0.1) is 0 Å². The largest absolute Gasteiger partial charge is 0.493 e. The zero-order valence-electron chi connectivity index (χ0n) is 15.4. The summed E-state index contributed by atoms with van der Waals surface area (Å²) in [6.45, 7) is 3.94. The standard InChI is InChI=1S/C20H31NO4/c1-3-6-16-8-9-19(20(13-16)24-2)25-15-18(23)14-21-11-5-4-7-17(21)10-12-22/h3,6,8-9,13,17-18,22-23H,4-5,7,10-12,14-15H2,1-2H3/b6-3+. The highest BCUT2D eigenvalue weighted by molar-refractivity contribution is 5.55. The van der Waals surface area contributed by atoms with Gasteiger partial charge >= 0.3 is 0 Å². The maximum Gasteiger partial charge on any atom is 0.161 e. The summed E-state index contributed by atoms with van der Waals surface area (Å²) in [7, 11) is 1.62. The molecule has 1 heterocycles. The molecule has 1 aliphatic rings. The van der Waals surface area contributed by atoms with Crippen LogP contribution >= 0.6 is 0 Å². The van der Waals surface area contributed by atoms with Crippen LogP contribution < -0.4 is 9.47 Å². The van der Waals surface area contributed by atoms with Crippen molar-refractivity contribution in [2.24, 2.45) is 0 Å². The average Bonchev–Trinajstić information content (AvgIpc) is 2.62. The summed E-state index contributed by atoms with van der Waals surface area (Å²) in [6.07, 6.45) is 7.61. The van der Waals surface area contributed by atoms with Gasteiger partial charge in [-0.3, -0.25) is 4.90 Å². The van der Waals surface area contributed by atoms with Crippen molar-refractivity contribution in [2.45, 2.75) is 44.8 Å². The van der Waals surface area contributed by atoms with E-state index in [0.29, 0.717) is 24.1 Å². The van der Waals surface area contributed by atoms with Crippen molar-refractivity contribution in [3.05, 3.63) is 29.8 Å². The van der Waals surface area contributed by atoms with Crippen molar-refractivity contribution in [1.29, 1.82) is 0 Å². The Hall–Kier alpha value is -1.56. The van der Waals surface area contributed by atoms with Gasteiger partial charge in [-0.05, 0) is 50.4 Å². The number of aliphatic hydroxyl groups is 2. The van der Waals surface area contributed by atoms with E-state index in [1.54, 1.807) is 7.11 Å². The monoisotopic (exact) mass is 349 g/mol. The highest BCUT2D eigenvalue weighted by Gasteiger charge is 2.24. The minimum Gasteiger partial charge on any atom is -0.493 e. The lowest BCUT2D eigenvalue weighted by molar-refractivity contribution is 0.0327. The van der Waals surface area contributed by atoms with Crippen molar-refractivity contribution in [1.82, 2.24) is 4.90 Å². The molecule has 2 atom stereocenters. The van der Waals surface area contributed by atoms with E-state index in [1.165, 1.54) is 6.42 Å². The molecular formula is C20H31NO4. The Kier molecular flexibility index (Phi) is 8.25. The number of likely N-dealkylation sites (tertiary alicyclic amines) is 1. The van der Waals surface area contributed by atoms with E-state index in [9.17, 15) is 10.2 Å². The lowest BCUT2D eigenvalue weighted by Crippen LogP contribution is -2.45. The van der Waals surface area contributed by atoms with Crippen LogP contribution in [0.5, 0.6) is 11.5 Å². The molecule has 140 valence electrons. The Morgan fingerprint density at radius 2 is 2.16 bits per heavy atom. The van der Waals surface area contributed by atoms with E-state index in [0.717, 1.165) is 31.4 Å². The Morgan fingerprint density at radius 3 is 2.88 bits per heavy atom. The number of ether oxygens (including phenoxy) is 2. The van der Waals surface area contributed by atoms with Crippen LogP contribution in [0, 0.1) is 0 Å². The zero-order chi connectivity index (χ0) is 18.1. The molecule has 5 nitrogen and oxygen atoms in total. The minimum atomic E-state index is -0.570. The van der Waals surface area contributed by atoms with Gasteiger partial charge in [0.05, 0.1) is 7.11 Å². The summed E-state index contributed by atoms with van der Waals surface area (Å²) in [4.78, 5) is 2.28. The van der Waals surface area contributed by atoms with Gasteiger partial charge in [-0.1, -0.05) is 24.6 Å². The van der Waals surface area contributed by atoms with Gasteiger partial charge in [0.15, 0.2) is 11.5 Å². The smallest absolute Gasteiger partial charge is 0.161 e. The lowest BCUT2D eigenvalue weighted by Gasteiger charge is -2.36. The number of hydrogen-bond donors (Lipinski definition) is 2. The number of nitrogens with zero attached hydrogens (tertiary/aromatic N) is 1. The zero-order valence-corrected chi connectivity index (χ0v) is 15.4. The molecule has 1 saturated heterocycles. The van der Waals surface area contributed by atoms with Crippen LogP contribution in [0.2, 0.25) is 0 Å². The average molecular weight is 349 g/mol. The first-order chi connectivity index (χ1) is 12.2. The molecule has 0 bridgehead atoms. The third-order valence-corrected chi connectivity index (χ3v) is 4.63. The first-order valence-electron chi connectivity index (χ1n) is 9.14. The number of piperidine rings is 1. The van der Waals surface area contributed by atoms with Gasteiger partial charge in [0.25, 0.3) is 0 Å².